The number of hydrogen-bond acceptors (Lipinski definition) is 14. The van der Waals surface area contributed by atoms with Crippen LogP contribution in [-0.4, -0.2) is 84.0 Å². The number of hydrogen-bond donors (Lipinski definition) is 1. The lowest BCUT2D eigenvalue weighted by molar-refractivity contribution is -0.306. The van der Waals surface area contributed by atoms with Crippen LogP contribution in [0.2, 0.25) is 0 Å². The predicted molar refractivity (Wildman–Crippen MR) is 207 cm³/mol. The molecule has 0 bridgehead atoms. The lowest BCUT2D eigenvalue weighted by atomic mass is 10.2. The van der Waals surface area contributed by atoms with Crippen LogP contribution in [0.4, 0.5) is 52.7 Å². The van der Waals surface area contributed by atoms with Gasteiger partial charge in [0.05, 0.1) is 32.3 Å². The molecule has 15 nitrogen and oxygen atoms in total. The Kier molecular flexibility index (Phi) is 13.6. The van der Waals surface area contributed by atoms with Gasteiger partial charge in [-0.25, -0.2) is 8.78 Å². The molecule has 6 aromatic rings. The summed E-state index contributed by atoms with van der Waals surface area (Å²) in [5.41, 5.74) is -0.0460. The van der Waals surface area contributed by atoms with E-state index in [1.807, 2.05) is 12.1 Å². The average molecular weight is 1020 g/mol. The first-order chi connectivity index (χ1) is 31.1. The Balaban J connectivity index is 0.000000222. The second-order valence-corrected chi connectivity index (χ2v) is 16.5. The van der Waals surface area contributed by atoms with Crippen molar-refractivity contribution in [2.24, 2.45) is 14.1 Å². The van der Waals surface area contributed by atoms with Gasteiger partial charge in [0.15, 0.2) is 11.5 Å². The molecule has 2 atom stereocenters. The third-order valence-electron chi connectivity index (χ3n) is 9.14. The van der Waals surface area contributed by atoms with E-state index in [1.165, 1.54) is 52.2 Å². The maximum absolute atomic E-state index is 13.7. The van der Waals surface area contributed by atoms with Gasteiger partial charge in [-0.1, -0.05) is 10.3 Å². The monoisotopic (exact) mass is 1020 g/mol. The Morgan fingerprint density at radius 2 is 1.13 bits per heavy atom. The number of nitriles is 2. The number of alkyl halides is 12. The standard InChI is InChI=1S/C20H15F6N5O3S.C17H9ClF6N4O3S/c1-8-15(31(2)29-17(8)33-20(25,26)18(21)19(22,23)24)11-6-12(34-30-11)13-5-10(14(7-27)35-13)16(32)28-9-3-4-9;1-6-12(28(2)26-14(6)30-17(23,24)15(19)16(20,21)22)8-4-9(31-27-8)10-3-7(13(18)29)11(5-25)32-10/h5-6,9,18H,3-4H2,1-2H3,(H,28,32);3-4,15H,1-2H3. The molecule has 0 radical (unpaired) electrons. The van der Waals surface area contributed by atoms with Gasteiger partial charge < -0.3 is 23.8 Å². The van der Waals surface area contributed by atoms with Crippen LogP contribution in [0, 0.1) is 36.5 Å². The van der Waals surface area contributed by atoms with E-state index in [0.29, 0.717) is 9.75 Å². The van der Waals surface area contributed by atoms with Gasteiger partial charge in [-0.15, -0.1) is 32.9 Å². The number of aromatic nitrogens is 6. The first kappa shape index (κ1) is 49.8. The minimum absolute atomic E-state index is 0.0175. The van der Waals surface area contributed by atoms with Crippen molar-refractivity contribution >= 4 is 45.4 Å². The van der Waals surface area contributed by atoms with Crippen molar-refractivity contribution < 1.29 is 80.8 Å². The molecule has 67 heavy (non-hydrogen) atoms. The minimum Gasteiger partial charge on any atom is -0.410 e. The van der Waals surface area contributed by atoms with E-state index in [0.717, 1.165) is 44.9 Å². The third kappa shape index (κ3) is 10.5. The third-order valence-corrected chi connectivity index (χ3v) is 11.5. The molecule has 6 heterocycles. The molecule has 6 aromatic heterocycles. The van der Waals surface area contributed by atoms with Gasteiger partial charge in [0.2, 0.25) is 11.8 Å². The SMILES string of the molecule is Cc1c(OC(F)(F)C(F)C(F)(F)F)nn(C)c1-c1cc(-c2cc(C(=O)Cl)c(C#N)s2)on1.Cc1c(OC(F)(F)C(F)C(F)(F)F)nn(C)c1-c1cc(-c2cc(C(=O)NC3CC3)c(C#N)s2)on1. The van der Waals surface area contributed by atoms with Gasteiger partial charge in [0.1, 0.15) is 33.3 Å². The summed E-state index contributed by atoms with van der Waals surface area (Å²) < 4.78 is 176. The molecule has 1 amide bonds. The van der Waals surface area contributed by atoms with Crippen LogP contribution in [0.5, 0.6) is 11.8 Å². The maximum atomic E-state index is 13.7. The van der Waals surface area contributed by atoms with Crippen LogP contribution in [0.25, 0.3) is 44.1 Å². The van der Waals surface area contributed by atoms with Crippen molar-refractivity contribution in [3.8, 4) is 67.9 Å². The topological polar surface area (TPSA) is 200 Å². The van der Waals surface area contributed by atoms with E-state index in [1.54, 1.807) is 0 Å². The first-order valence-electron chi connectivity index (χ1n) is 18.2. The van der Waals surface area contributed by atoms with Crippen molar-refractivity contribution in [1.29, 1.82) is 10.5 Å². The molecule has 1 fully saturated rings. The van der Waals surface area contributed by atoms with E-state index in [2.05, 4.69) is 35.3 Å². The fourth-order valence-corrected chi connectivity index (χ4v) is 7.87. The minimum atomic E-state index is -5.84. The van der Waals surface area contributed by atoms with Crippen molar-refractivity contribution in [3.05, 3.63) is 56.3 Å². The Morgan fingerprint density at radius 3 is 1.48 bits per heavy atom. The second kappa shape index (κ2) is 18.2. The lowest BCUT2D eigenvalue weighted by Crippen LogP contribution is -2.45. The molecule has 30 heteroatoms. The number of ether oxygens (including phenoxy) is 2. The number of amides is 1. The van der Waals surface area contributed by atoms with Crippen LogP contribution in [-0.2, 0) is 14.1 Å². The number of halogens is 13. The van der Waals surface area contributed by atoms with Crippen molar-refractivity contribution in [2.45, 2.75) is 69.6 Å². The zero-order valence-corrected chi connectivity index (χ0v) is 36.1. The highest BCUT2D eigenvalue weighted by Crippen LogP contribution is 2.42. The van der Waals surface area contributed by atoms with Gasteiger partial charge >= 0.3 is 24.6 Å². The van der Waals surface area contributed by atoms with E-state index in [-0.39, 0.29) is 72.3 Å². The Labute approximate surface area is 379 Å². The quantitative estimate of drug-likeness (QED) is 0.0849. The van der Waals surface area contributed by atoms with Crippen molar-refractivity contribution in [2.75, 3.05) is 0 Å². The van der Waals surface area contributed by atoms with Crippen molar-refractivity contribution in [1.82, 2.24) is 35.2 Å². The number of thiophene rings is 2. The summed E-state index contributed by atoms with van der Waals surface area (Å²) in [6.07, 6.45) is -29.5. The Morgan fingerprint density at radius 1 is 0.746 bits per heavy atom. The number of nitrogens with one attached hydrogen (secondary N) is 1. The van der Waals surface area contributed by atoms with Crippen LogP contribution < -0.4 is 14.8 Å². The number of nitrogens with zero attached hydrogens (tertiary/aromatic N) is 8. The van der Waals surface area contributed by atoms with Gasteiger partial charge in [-0.05, 0) is 50.4 Å². The lowest BCUT2D eigenvalue weighted by Gasteiger charge is -2.22. The fourth-order valence-electron chi connectivity index (χ4n) is 5.86. The van der Waals surface area contributed by atoms with Crippen molar-refractivity contribution in [3.63, 3.8) is 0 Å². The highest BCUT2D eigenvalue weighted by Gasteiger charge is 2.61. The molecule has 1 saturated carbocycles. The molecule has 0 saturated heterocycles. The number of rotatable bonds is 13. The Hall–Kier alpha value is -6.59. The highest BCUT2D eigenvalue weighted by molar-refractivity contribution is 7.16. The molecule has 0 spiro atoms. The van der Waals surface area contributed by atoms with E-state index in [4.69, 9.17) is 25.9 Å². The molecule has 7 rings (SSSR count). The van der Waals surface area contributed by atoms with Crippen LogP contribution in [0.3, 0.4) is 0 Å². The zero-order chi connectivity index (χ0) is 49.7. The van der Waals surface area contributed by atoms with Crippen LogP contribution >= 0.6 is 34.3 Å². The van der Waals surface area contributed by atoms with Gasteiger partial charge in [0.25, 0.3) is 23.5 Å². The van der Waals surface area contributed by atoms with Gasteiger partial charge in [0, 0.05) is 43.4 Å². The summed E-state index contributed by atoms with van der Waals surface area (Å²) in [6, 6.07) is 9.27. The summed E-state index contributed by atoms with van der Waals surface area (Å²) >= 11 is 7.28. The largest absolute Gasteiger partial charge is 0.440 e. The maximum Gasteiger partial charge on any atom is 0.440 e. The van der Waals surface area contributed by atoms with Gasteiger partial charge in [-0.3, -0.25) is 19.0 Å². The molecule has 1 N–H and O–H groups in total. The highest BCUT2D eigenvalue weighted by atomic mass is 35.5. The average Bonchev–Trinajstić information content (AvgIpc) is 3.83. The number of aryl methyl sites for hydroxylation is 2. The summed E-state index contributed by atoms with van der Waals surface area (Å²) in [6.45, 7) is 2.42. The summed E-state index contributed by atoms with van der Waals surface area (Å²) in [4.78, 5) is 24.6. The smallest absolute Gasteiger partial charge is 0.410 e. The van der Waals surface area contributed by atoms with Crippen LogP contribution in [0.1, 0.15) is 54.4 Å². The van der Waals surface area contributed by atoms with Gasteiger partial charge in [-0.2, -0.15) is 54.4 Å². The van der Waals surface area contributed by atoms with E-state index in [9.17, 15) is 67.5 Å². The second-order valence-electron chi connectivity index (χ2n) is 14.0. The predicted octanol–water partition coefficient (Wildman–Crippen LogP) is 9.98. The van der Waals surface area contributed by atoms with E-state index >= 15 is 0 Å². The molecule has 1 aliphatic carbocycles. The molecule has 2 unspecified atom stereocenters. The zero-order valence-electron chi connectivity index (χ0n) is 33.7. The molecular formula is C37H24ClF12N9O6S2. The fraction of sp³-hybridized carbons (Fsp3) is 0.351. The van der Waals surface area contributed by atoms with E-state index < -0.39 is 59.8 Å². The molecule has 356 valence electrons. The van der Waals surface area contributed by atoms with Crippen LogP contribution in [0.15, 0.2) is 33.3 Å². The summed E-state index contributed by atoms with van der Waals surface area (Å²) in [5, 5.41) is 35.1. The molecule has 0 aliphatic heterocycles. The molecular weight excluding hydrogens is 994 g/mol. The summed E-state index contributed by atoms with van der Waals surface area (Å²) in [7, 11) is 2.55. The molecule has 1 aliphatic rings. The normalized spacial score (nSPS) is 14.1. The number of carbonyl (C=O) groups is 2. The number of carbonyl (C=O) groups excluding carboxylic acids is 2. The summed E-state index contributed by atoms with van der Waals surface area (Å²) in [5.74, 6) is -2.05. The first-order valence-corrected chi connectivity index (χ1v) is 20.2. The Bertz CT molecular complexity index is 2930. The molecule has 0 aromatic carbocycles.